The molecule has 5 saturated heterocycles. The van der Waals surface area contributed by atoms with Crippen LogP contribution in [0.4, 0.5) is 25.4 Å². The van der Waals surface area contributed by atoms with Crippen LogP contribution >= 0.6 is 0 Å². The van der Waals surface area contributed by atoms with Crippen molar-refractivity contribution in [3.05, 3.63) is 40.8 Å². The van der Waals surface area contributed by atoms with Gasteiger partial charge in [-0.1, -0.05) is 26.0 Å². The lowest BCUT2D eigenvalue weighted by molar-refractivity contribution is -0.594. The monoisotopic (exact) mass is 988 g/mol. The van der Waals surface area contributed by atoms with Crippen LogP contribution in [0.25, 0.3) is 0 Å². The Morgan fingerprint density at radius 1 is 1.07 bits per heavy atom. The number of anilines is 2. The summed E-state index contributed by atoms with van der Waals surface area (Å²) in [6.07, 6.45) is -3.56. The second-order valence-corrected chi connectivity index (χ2v) is 20.3. The summed E-state index contributed by atoms with van der Waals surface area (Å²) in [6, 6.07) is 2.65. The quantitative estimate of drug-likeness (QED) is 0.134. The van der Waals surface area contributed by atoms with Crippen LogP contribution in [0.1, 0.15) is 80.3 Å². The molecule has 6 heterocycles. The van der Waals surface area contributed by atoms with Crippen molar-refractivity contribution in [2.75, 3.05) is 69.9 Å². The molecule has 0 radical (unpaired) electrons. The summed E-state index contributed by atoms with van der Waals surface area (Å²) in [4.78, 5) is 73.0. The van der Waals surface area contributed by atoms with Crippen molar-refractivity contribution < 1.29 is 66.6 Å². The molecule has 70 heavy (non-hydrogen) atoms. The number of benzene rings is 1. The summed E-state index contributed by atoms with van der Waals surface area (Å²) in [6.45, 7) is 16.8. The zero-order chi connectivity index (χ0) is 50.8. The van der Waals surface area contributed by atoms with Crippen molar-refractivity contribution in [3.63, 3.8) is 0 Å². The van der Waals surface area contributed by atoms with E-state index in [1.807, 2.05) is 30.7 Å². The summed E-state index contributed by atoms with van der Waals surface area (Å²) < 4.78 is 59.6. The summed E-state index contributed by atoms with van der Waals surface area (Å²) in [5, 5.41) is 23.4. The van der Waals surface area contributed by atoms with Gasteiger partial charge in [0.25, 0.3) is 0 Å². The smallest absolute Gasteiger partial charge is 0.414 e. The van der Waals surface area contributed by atoms with Crippen LogP contribution in [0.3, 0.4) is 0 Å². The summed E-state index contributed by atoms with van der Waals surface area (Å²) in [7, 11) is 3.37. The number of hydrogen-bond donors (Lipinski definition) is 2. The van der Waals surface area contributed by atoms with E-state index in [0.717, 1.165) is 4.76 Å². The highest BCUT2D eigenvalue weighted by Crippen LogP contribution is 2.39. The van der Waals surface area contributed by atoms with Gasteiger partial charge in [-0.2, -0.15) is 0 Å². The number of rotatable bonds is 12. The number of morpholine rings is 1. The maximum absolute atomic E-state index is 15.2. The van der Waals surface area contributed by atoms with Crippen molar-refractivity contribution in [1.82, 2.24) is 25.2 Å². The third kappa shape index (κ3) is 11.3. The zero-order valence-corrected chi connectivity index (χ0v) is 42.1. The molecular formula is C48H72FN8O13+. The number of esters is 1. The average Bonchev–Trinajstić information content (AvgIpc) is 4.03. The first kappa shape index (κ1) is 52.9. The Morgan fingerprint density at radius 2 is 1.80 bits per heavy atom. The lowest BCUT2D eigenvalue weighted by Gasteiger charge is -2.47. The molecule has 2 amide bonds. The number of alkyl carbamates (subject to hydrolysis) is 1. The minimum Gasteiger partial charge on any atom is -0.457 e. The van der Waals surface area contributed by atoms with Gasteiger partial charge in [0.2, 0.25) is 6.04 Å². The largest absolute Gasteiger partial charge is 0.457 e. The van der Waals surface area contributed by atoms with E-state index < -0.39 is 102 Å². The maximum atomic E-state index is 15.2. The van der Waals surface area contributed by atoms with Crippen LogP contribution in [0.2, 0.25) is 0 Å². The molecule has 2 N–H and O–H groups in total. The molecule has 0 saturated carbocycles. The first-order valence-corrected chi connectivity index (χ1v) is 24.6. The molecule has 7 rings (SSSR count). The second kappa shape index (κ2) is 21.9. The van der Waals surface area contributed by atoms with Crippen LogP contribution in [-0.4, -0.2) is 180 Å². The van der Waals surface area contributed by atoms with Crippen LogP contribution in [-0.2, 0) is 55.7 Å². The summed E-state index contributed by atoms with van der Waals surface area (Å²) in [5.74, 6) is -4.35. The number of nitroso groups, excluding NO2 is 1. The number of aliphatic hydroxyl groups excluding tert-OH is 1. The normalized spacial score (nSPS) is 36.0. The number of cyclic esters (lactones) is 2. The molecule has 21 nitrogen and oxygen atoms in total. The van der Waals surface area contributed by atoms with Crippen LogP contribution < -0.4 is 15.1 Å². The number of hydrogen-bond acceptors (Lipinski definition) is 17. The summed E-state index contributed by atoms with van der Waals surface area (Å²) in [5.41, 5.74) is -1.11. The number of amides is 2. The number of ketones is 1. The van der Waals surface area contributed by atoms with E-state index in [1.165, 1.54) is 25.0 Å². The molecule has 22 heteroatoms. The molecule has 388 valence electrons. The van der Waals surface area contributed by atoms with Crippen molar-refractivity contribution in [1.29, 1.82) is 0 Å². The van der Waals surface area contributed by atoms with Crippen LogP contribution in [0.15, 0.2) is 24.4 Å². The molecule has 0 unspecified atom stereocenters. The van der Waals surface area contributed by atoms with Gasteiger partial charge >= 0.3 is 18.2 Å². The summed E-state index contributed by atoms with van der Waals surface area (Å²) >= 11 is 0. The molecule has 1 aromatic carbocycles. The fourth-order valence-electron chi connectivity index (χ4n) is 10.9. The number of halogens is 1. The van der Waals surface area contributed by atoms with Crippen LogP contribution in [0.5, 0.6) is 0 Å². The van der Waals surface area contributed by atoms with Crippen molar-refractivity contribution in [2.24, 2.45) is 17.8 Å². The highest BCUT2D eigenvalue weighted by Gasteiger charge is 2.59. The molecular weight excluding hydrogens is 916 g/mol. The highest BCUT2D eigenvalue weighted by atomic mass is 19.1. The standard InChI is InChI=1S/C48H71FN8O13/c1-11-38-48(8)41(50-45(61)70-48)31(6)57(63)23-27(2)22-47(7,64-10)42(29(4)39(58)30(5)43(60)68-38)69-44-40(59)37(20-28(3)66-44)53(9)15-14-32-24-55(52-51-32)25-34-26-56(46(62)67-34)33-12-13-36(35(49)21-33)54-16-18-65-19-17-54/h12-13,21,24,27-31,34,37-38,40-42,44,59H,11,14-20,22-23,25-26H2,1-10H3/p+1/t27-,28-,29+,30-,31+,34+,37+,38-,40-,41-,42-,44+,47-,48-/m1/s1. The Labute approximate surface area is 408 Å². The number of aliphatic hydroxyl groups is 1. The topological polar surface area (TPSA) is 226 Å². The van der Waals surface area contributed by atoms with E-state index in [0.29, 0.717) is 62.8 Å². The van der Waals surface area contributed by atoms with Gasteiger partial charge in [0, 0.05) is 73.8 Å². The number of methoxy groups -OCH3 is 1. The molecule has 2 aromatic rings. The number of carbonyl (C=O) groups is 4. The van der Waals surface area contributed by atoms with Gasteiger partial charge in [-0.15, -0.1) is 5.10 Å². The first-order valence-electron chi connectivity index (χ1n) is 24.6. The van der Waals surface area contributed by atoms with E-state index in [9.17, 15) is 29.2 Å². The van der Waals surface area contributed by atoms with E-state index in [-0.39, 0.29) is 44.5 Å². The zero-order valence-electron chi connectivity index (χ0n) is 42.1. The number of fused-ring (bicyclic) bond motifs is 1. The number of likely N-dealkylation sites (N-methyl/N-ethyl adjacent to an activating group) is 1. The Hall–Kier alpha value is -4.87. The lowest BCUT2D eigenvalue weighted by Crippen LogP contribution is -2.59. The Balaban J connectivity index is 1.01. The molecule has 0 spiro atoms. The third-order valence-electron chi connectivity index (χ3n) is 15.0. The van der Waals surface area contributed by atoms with Crippen molar-refractivity contribution in [3.8, 4) is 0 Å². The van der Waals surface area contributed by atoms with E-state index in [2.05, 4.69) is 15.6 Å². The molecule has 0 bridgehead atoms. The highest BCUT2D eigenvalue weighted by molar-refractivity contribution is 6.00. The number of nitrogens with one attached hydrogen (secondary N) is 1. The Morgan fingerprint density at radius 3 is 2.49 bits per heavy atom. The second-order valence-electron chi connectivity index (χ2n) is 20.3. The van der Waals surface area contributed by atoms with Gasteiger partial charge in [0.15, 0.2) is 24.2 Å². The van der Waals surface area contributed by atoms with E-state index >= 15 is 4.39 Å². The maximum Gasteiger partial charge on any atom is 0.414 e. The minimum absolute atomic E-state index is 0.0189. The van der Waals surface area contributed by atoms with Gasteiger partial charge in [-0.05, 0) is 72.2 Å². The van der Waals surface area contributed by atoms with Gasteiger partial charge in [-0.25, -0.2) is 18.7 Å². The number of nitrogens with zero attached hydrogens (tertiary/aromatic N) is 7. The van der Waals surface area contributed by atoms with Gasteiger partial charge in [0.1, 0.15) is 36.1 Å². The molecule has 5 aliphatic heterocycles. The molecule has 1 aromatic heterocycles. The predicted molar refractivity (Wildman–Crippen MR) is 249 cm³/mol. The minimum atomic E-state index is -1.40. The molecule has 0 aliphatic carbocycles. The van der Waals surface area contributed by atoms with Crippen molar-refractivity contribution >= 4 is 35.3 Å². The number of ether oxygens (including phenoxy) is 7. The molecule has 14 atom stereocenters. The first-order chi connectivity index (χ1) is 33.2. The van der Waals surface area contributed by atoms with E-state index in [1.54, 1.807) is 57.6 Å². The van der Waals surface area contributed by atoms with Crippen molar-refractivity contribution in [2.45, 2.75) is 154 Å². The number of Topliss-reactive ketones (excluding diaryl/α,β-unsaturated/α-hetero) is 1. The third-order valence-corrected chi connectivity index (χ3v) is 15.0. The van der Waals surface area contributed by atoms with E-state index in [4.69, 9.17) is 33.2 Å². The number of aromatic nitrogens is 3. The SMILES string of the molecule is CC[C@H]1OC(=O)[C@H](C)C(=O)[C@H](C)[C@@H](O[C@@H]2O[C@H](C)C[C@H](N(C)CCc3cn(C[C@H]4CN(c5ccc(N6CCOCC6)c(F)c5)C(=O)O4)nn3)[C@H]2O)[C@](C)(OC)C[C@@H](C)C[N+](=O)[C@@H](C)[C@H]2NC(=O)O[C@@]21C. The van der Waals surface area contributed by atoms with Gasteiger partial charge in [-0.3, -0.25) is 14.5 Å². The Kier molecular flexibility index (Phi) is 16.5. The van der Waals surface area contributed by atoms with Gasteiger partial charge < -0.3 is 53.4 Å². The van der Waals surface area contributed by atoms with Crippen LogP contribution in [0, 0.1) is 28.5 Å². The Bertz CT molecular complexity index is 2210. The molecule has 5 aliphatic rings. The predicted octanol–water partition coefficient (Wildman–Crippen LogP) is 3.65. The van der Waals surface area contributed by atoms with Gasteiger partial charge in [0.05, 0.1) is 61.2 Å². The fraction of sp³-hybridized carbons (Fsp3) is 0.750. The average molecular weight is 988 g/mol. The fourth-order valence-corrected chi connectivity index (χ4v) is 10.9. The number of carbonyl (C=O) groups excluding carboxylic acids is 4. The lowest BCUT2D eigenvalue weighted by atomic mass is 9.78. The molecule has 5 fully saturated rings.